The molecule has 1 N–H and O–H groups in total. The Hall–Kier alpha value is -0.420. The van der Waals surface area contributed by atoms with Gasteiger partial charge in [-0.1, -0.05) is 33.6 Å². The molecule has 2 rings (SSSR count). The summed E-state index contributed by atoms with van der Waals surface area (Å²) in [6, 6.07) is -0.0364. The van der Waals surface area contributed by atoms with Crippen LogP contribution in [0.4, 0.5) is 0 Å². The van der Waals surface area contributed by atoms with Crippen molar-refractivity contribution >= 4 is 16.7 Å². The fourth-order valence-electron chi connectivity index (χ4n) is 3.60. The Morgan fingerprint density at radius 1 is 1.33 bits per heavy atom. The second kappa shape index (κ2) is 7.73. The first-order valence-electron chi connectivity index (χ1n) is 8.44. The lowest BCUT2D eigenvalue weighted by Crippen LogP contribution is -2.44. The molecule has 3 unspecified atom stereocenters. The molecular formula is C16H30N2O2S. The van der Waals surface area contributed by atoms with Crippen LogP contribution >= 0.6 is 0 Å². The maximum absolute atomic E-state index is 12.7. The first kappa shape index (κ1) is 16.9. The van der Waals surface area contributed by atoms with E-state index in [-0.39, 0.29) is 18.1 Å². The summed E-state index contributed by atoms with van der Waals surface area (Å²) in [5.74, 6) is 2.62. The summed E-state index contributed by atoms with van der Waals surface area (Å²) >= 11 is 0. The van der Waals surface area contributed by atoms with Crippen LogP contribution in [0, 0.1) is 11.8 Å². The molecule has 3 atom stereocenters. The first-order chi connectivity index (χ1) is 10.0. The number of nitrogens with zero attached hydrogens (tertiary/aromatic N) is 1. The van der Waals surface area contributed by atoms with Crippen LogP contribution in [0.15, 0.2) is 0 Å². The monoisotopic (exact) mass is 314 g/mol. The molecule has 2 fully saturated rings. The van der Waals surface area contributed by atoms with Crippen LogP contribution in [0.5, 0.6) is 0 Å². The summed E-state index contributed by atoms with van der Waals surface area (Å²) in [5, 5.41) is 3.58. The Balaban J connectivity index is 2.03. The van der Waals surface area contributed by atoms with E-state index in [1.54, 1.807) is 0 Å². The third kappa shape index (κ3) is 4.28. The zero-order valence-electron chi connectivity index (χ0n) is 13.6. The number of amides is 1. The lowest BCUT2D eigenvalue weighted by Gasteiger charge is -2.28. The molecule has 1 saturated heterocycles. The van der Waals surface area contributed by atoms with Crippen molar-refractivity contribution in [2.75, 3.05) is 18.1 Å². The first-order valence-corrected chi connectivity index (χ1v) is 9.93. The van der Waals surface area contributed by atoms with Crippen molar-refractivity contribution < 1.29 is 9.00 Å². The van der Waals surface area contributed by atoms with E-state index in [9.17, 15) is 9.00 Å². The maximum atomic E-state index is 12.7. The molecule has 0 aromatic rings. The van der Waals surface area contributed by atoms with Gasteiger partial charge in [0.25, 0.3) is 0 Å². The molecule has 1 aliphatic heterocycles. The Bertz CT molecular complexity index is 380. The maximum Gasteiger partial charge on any atom is 0.241 e. The van der Waals surface area contributed by atoms with Gasteiger partial charge in [-0.15, -0.1) is 0 Å². The summed E-state index contributed by atoms with van der Waals surface area (Å²) in [4.78, 5) is 14.7. The Kier molecular flexibility index (Phi) is 6.23. The summed E-state index contributed by atoms with van der Waals surface area (Å²) in [7, 11) is -0.798. The van der Waals surface area contributed by atoms with Crippen molar-refractivity contribution in [3.8, 4) is 0 Å². The van der Waals surface area contributed by atoms with Gasteiger partial charge in [0.1, 0.15) is 0 Å². The van der Waals surface area contributed by atoms with Crippen LogP contribution < -0.4 is 5.32 Å². The second-order valence-corrected chi connectivity index (χ2v) is 8.67. The summed E-state index contributed by atoms with van der Waals surface area (Å²) in [6.07, 6.45) is 6.06. The van der Waals surface area contributed by atoms with Crippen molar-refractivity contribution in [3.05, 3.63) is 0 Å². The van der Waals surface area contributed by atoms with Gasteiger partial charge in [-0.2, -0.15) is 0 Å². The predicted molar refractivity (Wildman–Crippen MR) is 87.4 cm³/mol. The minimum absolute atomic E-state index is 0.0364. The minimum Gasteiger partial charge on any atom is -0.325 e. The molecule has 122 valence electrons. The van der Waals surface area contributed by atoms with Gasteiger partial charge in [0, 0.05) is 28.9 Å². The number of carbonyl (C=O) groups is 1. The zero-order chi connectivity index (χ0) is 15.4. The molecule has 0 bridgehead atoms. The molecule has 4 nitrogen and oxygen atoms in total. The van der Waals surface area contributed by atoms with E-state index < -0.39 is 10.8 Å². The second-order valence-electron chi connectivity index (χ2n) is 6.80. The molecular weight excluding hydrogens is 284 g/mol. The fourth-order valence-corrected chi connectivity index (χ4v) is 4.29. The van der Waals surface area contributed by atoms with E-state index in [2.05, 4.69) is 19.2 Å². The van der Waals surface area contributed by atoms with Gasteiger partial charge in [0.05, 0.1) is 12.2 Å². The molecule has 1 amide bonds. The fraction of sp³-hybridized carbons (Fsp3) is 0.938. The topological polar surface area (TPSA) is 49.4 Å². The van der Waals surface area contributed by atoms with Crippen LogP contribution in [0.2, 0.25) is 0 Å². The average molecular weight is 314 g/mol. The molecule has 1 saturated carbocycles. The van der Waals surface area contributed by atoms with Gasteiger partial charge in [-0.25, -0.2) is 0 Å². The molecule has 21 heavy (non-hydrogen) atoms. The Morgan fingerprint density at radius 2 is 2.00 bits per heavy atom. The molecule has 5 heteroatoms. The van der Waals surface area contributed by atoms with E-state index in [1.807, 2.05) is 11.8 Å². The van der Waals surface area contributed by atoms with Crippen molar-refractivity contribution in [1.82, 2.24) is 10.2 Å². The predicted octanol–water partition coefficient (Wildman–Crippen LogP) is 2.12. The molecule has 1 aliphatic carbocycles. The number of carbonyl (C=O) groups excluding carboxylic acids is 1. The van der Waals surface area contributed by atoms with Gasteiger partial charge in [0.15, 0.2) is 0 Å². The van der Waals surface area contributed by atoms with Gasteiger partial charge >= 0.3 is 0 Å². The SMILES string of the molecule is CCS(=O)CCN1C(=O)C(CC(C)C)NC1C1CCCC1. The highest BCUT2D eigenvalue weighted by Crippen LogP contribution is 2.32. The highest BCUT2D eigenvalue weighted by molar-refractivity contribution is 7.84. The van der Waals surface area contributed by atoms with E-state index in [1.165, 1.54) is 25.7 Å². The van der Waals surface area contributed by atoms with Gasteiger partial charge in [0.2, 0.25) is 5.91 Å². The minimum atomic E-state index is -0.798. The van der Waals surface area contributed by atoms with Crippen molar-refractivity contribution in [2.45, 2.75) is 65.1 Å². The van der Waals surface area contributed by atoms with Crippen LogP contribution in [0.1, 0.15) is 52.9 Å². The summed E-state index contributed by atoms with van der Waals surface area (Å²) in [6.45, 7) is 6.90. The molecule has 0 spiro atoms. The van der Waals surface area contributed by atoms with Gasteiger partial charge in [-0.05, 0) is 31.1 Å². The highest BCUT2D eigenvalue weighted by atomic mass is 32.2. The van der Waals surface area contributed by atoms with E-state index in [0.717, 1.165) is 6.42 Å². The normalized spacial score (nSPS) is 28.8. The third-order valence-electron chi connectivity index (χ3n) is 4.72. The van der Waals surface area contributed by atoms with Crippen LogP contribution in [0.3, 0.4) is 0 Å². The van der Waals surface area contributed by atoms with E-state index >= 15 is 0 Å². The lowest BCUT2D eigenvalue weighted by molar-refractivity contribution is -0.130. The third-order valence-corrected chi connectivity index (χ3v) is 6.01. The number of hydrogen-bond donors (Lipinski definition) is 1. The van der Waals surface area contributed by atoms with E-state index in [4.69, 9.17) is 0 Å². The van der Waals surface area contributed by atoms with E-state index in [0.29, 0.717) is 29.9 Å². The van der Waals surface area contributed by atoms with Crippen LogP contribution in [0.25, 0.3) is 0 Å². The number of hydrogen-bond acceptors (Lipinski definition) is 3. The molecule has 1 heterocycles. The average Bonchev–Trinajstić information content (AvgIpc) is 3.05. The van der Waals surface area contributed by atoms with Crippen LogP contribution in [-0.4, -0.2) is 45.3 Å². The standard InChI is InChI=1S/C16H30N2O2S/c1-4-21(20)10-9-18-15(13-7-5-6-8-13)17-14(16(18)19)11-12(2)3/h12-15,17H,4-11H2,1-3H3. The van der Waals surface area contributed by atoms with Gasteiger partial charge < -0.3 is 4.90 Å². The largest absolute Gasteiger partial charge is 0.325 e. The Labute approximate surface area is 131 Å². The van der Waals surface area contributed by atoms with Crippen molar-refractivity contribution in [1.29, 1.82) is 0 Å². The summed E-state index contributed by atoms with van der Waals surface area (Å²) in [5.41, 5.74) is 0. The van der Waals surface area contributed by atoms with Crippen molar-refractivity contribution in [3.63, 3.8) is 0 Å². The van der Waals surface area contributed by atoms with Gasteiger partial charge in [-0.3, -0.25) is 14.3 Å². The van der Waals surface area contributed by atoms with Crippen LogP contribution in [-0.2, 0) is 15.6 Å². The molecule has 0 aromatic heterocycles. The highest BCUT2D eigenvalue weighted by Gasteiger charge is 2.42. The molecule has 0 radical (unpaired) electrons. The summed E-state index contributed by atoms with van der Waals surface area (Å²) < 4.78 is 11.7. The smallest absolute Gasteiger partial charge is 0.241 e. The lowest BCUT2D eigenvalue weighted by atomic mass is 10.0. The number of nitrogens with one attached hydrogen (secondary N) is 1. The Morgan fingerprint density at radius 3 is 2.57 bits per heavy atom. The molecule has 2 aliphatic rings. The number of rotatable bonds is 7. The zero-order valence-corrected chi connectivity index (χ0v) is 14.5. The molecule has 0 aromatic carbocycles. The van der Waals surface area contributed by atoms with Crippen molar-refractivity contribution in [2.24, 2.45) is 11.8 Å². The quantitative estimate of drug-likeness (QED) is 0.783.